The van der Waals surface area contributed by atoms with Crippen molar-refractivity contribution in [3.63, 3.8) is 0 Å². The molecule has 0 saturated carbocycles. The topological polar surface area (TPSA) is 54.7 Å². The molecular weight excluding hydrogens is 364 g/mol. The van der Waals surface area contributed by atoms with E-state index >= 15 is 0 Å². The van der Waals surface area contributed by atoms with Gasteiger partial charge in [-0.3, -0.25) is 4.79 Å². The molecular formula is C21H23ClN2O3. The average Bonchev–Trinajstić information content (AvgIpc) is 3.10. The van der Waals surface area contributed by atoms with Gasteiger partial charge in [-0.05, 0) is 31.2 Å². The zero-order valence-electron chi connectivity index (χ0n) is 15.4. The summed E-state index contributed by atoms with van der Waals surface area (Å²) in [6.07, 6.45) is 0. The summed E-state index contributed by atoms with van der Waals surface area (Å²) < 4.78 is 11.3. The first-order valence-electron chi connectivity index (χ1n) is 8.82. The van der Waals surface area contributed by atoms with E-state index in [1.807, 2.05) is 60.4 Å². The fourth-order valence-electron chi connectivity index (χ4n) is 3.58. The van der Waals surface area contributed by atoms with E-state index in [1.54, 1.807) is 7.11 Å². The molecule has 5 nitrogen and oxygen atoms in total. The lowest BCUT2D eigenvalue weighted by molar-refractivity contribution is 0.0601. The Balaban J connectivity index is 0.00000210. The van der Waals surface area contributed by atoms with Crippen molar-refractivity contribution in [1.82, 2.24) is 10.2 Å². The van der Waals surface area contributed by atoms with E-state index < -0.39 is 0 Å². The normalized spacial score (nSPS) is 16.8. The standard InChI is InChI=1S/C21H22N2O3.ClH/c1-14-7-8-18-15(11-14)12-20(26-18)21(24)23-10-9-22-13-17(23)16-5-3-4-6-19(16)25-2;/h3-8,11-12,17,22H,9-10,13H2,1-2H3;1H. The van der Waals surface area contributed by atoms with Gasteiger partial charge in [0.2, 0.25) is 0 Å². The SMILES string of the molecule is COc1ccccc1C1CNCCN1C(=O)c1cc2cc(C)ccc2o1.Cl. The average molecular weight is 387 g/mol. The number of hydrogen-bond acceptors (Lipinski definition) is 4. The number of rotatable bonds is 3. The molecule has 27 heavy (non-hydrogen) atoms. The summed E-state index contributed by atoms with van der Waals surface area (Å²) in [6, 6.07) is 15.5. The molecule has 1 aliphatic heterocycles. The molecule has 1 amide bonds. The van der Waals surface area contributed by atoms with Crippen molar-refractivity contribution >= 4 is 29.3 Å². The fraction of sp³-hybridized carbons (Fsp3) is 0.286. The summed E-state index contributed by atoms with van der Waals surface area (Å²) in [5.41, 5.74) is 2.89. The highest BCUT2D eigenvalue weighted by atomic mass is 35.5. The van der Waals surface area contributed by atoms with Crippen LogP contribution < -0.4 is 10.1 Å². The minimum atomic E-state index is -0.0950. The fourth-order valence-corrected chi connectivity index (χ4v) is 3.58. The zero-order valence-corrected chi connectivity index (χ0v) is 16.2. The smallest absolute Gasteiger partial charge is 0.290 e. The summed E-state index contributed by atoms with van der Waals surface area (Å²) in [7, 11) is 1.66. The minimum Gasteiger partial charge on any atom is -0.496 e. The van der Waals surface area contributed by atoms with Crippen LogP contribution in [0.3, 0.4) is 0 Å². The quantitative estimate of drug-likeness (QED) is 0.740. The van der Waals surface area contributed by atoms with E-state index in [9.17, 15) is 4.79 Å². The zero-order chi connectivity index (χ0) is 18.1. The lowest BCUT2D eigenvalue weighted by atomic mass is 10.0. The van der Waals surface area contributed by atoms with Gasteiger partial charge in [-0.15, -0.1) is 12.4 Å². The molecule has 1 N–H and O–H groups in total. The maximum atomic E-state index is 13.2. The Morgan fingerprint density at radius 3 is 2.85 bits per heavy atom. The van der Waals surface area contributed by atoms with Gasteiger partial charge in [0.05, 0.1) is 13.2 Å². The van der Waals surface area contributed by atoms with Crippen molar-refractivity contribution in [2.45, 2.75) is 13.0 Å². The Hall–Kier alpha value is -2.50. The summed E-state index contributed by atoms with van der Waals surface area (Å²) in [5, 5.41) is 4.33. The van der Waals surface area contributed by atoms with Crippen molar-refractivity contribution in [3.8, 4) is 5.75 Å². The molecule has 0 radical (unpaired) electrons. The molecule has 4 rings (SSSR count). The van der Waals surface area contributed by atoms with Gasteiger partial charge in [-0.1, -0.05) is 29.8 Å². The third kappa shape index (κ3) is 3.66. The number of hydrogen-bond donors (Lipinski definition) is 1. The molecule has 2 aromatic carbocycles. The summed E-state index contributed by atoms with van der Waals surface area (Å²) in [5.74, 6) is 1.09. The Kier molecular flexibility index (Phi) is 5.73. The first-order chi connectivity index (χ1) is 12.7. The van der Waals surface area contributed by atoms with Crippen molar-refractivity contribution < 1.29 is 13.9 Å². The number of furan rings is 1. The van der Waals surface area contributed by atoms with Crippen LogP contribution in [0.2, 0.25) is 0 Å². The highest BCUT2D eigenvalue weighted by molar-refractivity contribution is 5.96. The van der Waals surface area contributed by atoms with Crippen LogP contribution in [-0.4, -0.2) is 37.6 Å². The van der Waals surface area contributed by atoms with Crippen LogP contribution in [0.1, 0.15) is 27.7 Å². The van der Waals surface area contributed by atoms with Crippen LogP contribution in [0.5, 0.6) is 5.75 Å². The molecule has 0 aliphatic carbocycles. The molecule has 1 unspecified atom stereocenters. The molecule has 1 fully saturated rings. The Morgan fingerprint density at radius 1 is 1.22 bits per heavy atom. The lowest BCUT2D eigenvalue weighted by Crippen LogP contribution is -2.48. The van der Waals surface area contributed by atoms with Crippen LogP contribution in [0.25, 0.3) is 11.0 Å². The third-order valence-electron chi connectivity index (χ3n) is 4.88. The van der Waals surface area contributed by atoms with Crippen molar-refractivity contribution in [3.05, 3.63) is 65.4 Å². The second-order valence-electron chi connectivity index (χ2n) is 6.61. The molecule has 6 heteroatoms. The number of nitrogens with zero attached hydrogens (tertiary/aromatic N) is 1. The molecule has 1 atom stereocenters. The van der Waals surface area contributed by atoms with E-state index in [1.165, 1.54) is 0 Å². The van der Waals surface area contributed by atoms with Crippen LogP contribution >= 0.6 is 12.4 Å². The largest absolute Gasteiger partial charge is 0.496 e. The Labute approximate surface area is 164 Å². The van der Waals surface area contributed by atoms with Gasteiger partial charge in [0.25, 0.3) is 5.91 Å². The van der Waals surface area contributed by atoms with Gasteiger partial charge in [0.15, 0.2) is 5.76 Å². The predicted molar refractivity (Wildman–Crippen MR) is 108 cm³/mol. The van der Waals surface area contributed by atoms with E-state index in [2.05, 4.69) is 5.32 Å². The van der Waals surface area contributed by atoms with Crippen LogP contribution in [0, 0.1) is 6.92 Å². The van der Waals surface area contributed by atoms with Crippen molar-refractivity contribution in [2.75, 3.05) is 26.7 Å². The number of fused-ring (bicyclic) bond motifs is 1. The third-order valence-corrected chi connectivity index (χ3v) is 4.88. The number of nitrogens with one attached hydrogen (secondary N) is 1. The molecule has 0 spiro atoms. The van der Waals surface area contributed by atoms with E-state index in [4.69, 9.17) is 9.15 Å². The number of carbonyl (C=O) groups excluding carboxylic acids is 1. The van der Waals surface area contributed by atoms with Gasteiger partial charge in [0, 0.05) is 30.6 Å². The highest BCUT2D eigenvalue weighted by Crippen LogP contribution is 2.32. The number of aryl methyl sites for hydroxylation is 1. The maximum Gasteiger partial charge on any atom is 0.290 e. The van der Waals surface area contributed by atoms with Gasteiger partial charge in [-0.2, -0.15) is 0 Å². The Bertz CT molecular complexity index is 954. The molecule has 3 aromatic rings. The molecule has 1 aliphatic rings. The second-order valence-corrected chi connectivity index (χ2v) is 6.61. The number of ether oxygens (including phenoxy) is 1. The summed E-state index contributed by atoms with van der Waals surface area (Å²) in [4.78, 5) is 15.1. The molecule has 0 bridgehead atoms. The van der Waals surface area contributed by atoms with Gasteiger partial charge in [-0.25, -0.2) is 0 Å². The van der Waals surface area contributed by atoms with Gasteiger partial charge in [0.1, 0.15) is 11.3 Å². The number of para-hydroxylation sites is 1. The lowest BCUT2D eigenvalue weighted by Gasteiger charge is -2.36. The van der Waals surface area contributed by atoms with Crippen molar-refractivity contribution in [1.29, 1.82) is 0 Å². The highest BCUT2D eigenvalue weighted by Gasteiger charge is 2.32. The number of piperazine rings is 1. The number of amides is 1. The van der Waals surface area contributed by atoms with Crippen LogP contribution in [0.15, 0.2) is 52.9 Å². The first kappa shape index (κ1) is 19.3. The predicted octanol–water partition coefficient (Wildman–Crippen LogP) is 3.96. The maximum absolute atomic E-state index is 13.2. The molecule has 1 aromatic heterocycles. The van der Waals surface area contributed by atoms with Gasteiger partial charge >= 0.3 is 0 Å². The summed E-state index contributed by atoms with van der Waals surface area (Å²) >= 11 is 0. The summed E-state index contributed by atoms with van der Waals surface area (Å²) in [6.45, 7) is 4.10. The monoisotopic (exact) mass is 386 g/mol. The van der Waals surface area contributed by atoms with Crippen LogP contribution in [0.4, 0.5) is 0 Å². The number of benzene rings is 2. The van der Waals surface area contributed by atoms with Gasteiger partial charge < -0.3 is 19.4 Å². The van der Waals surface area contributed by atoms with E-state index in [0.717, 1.165) is 34.4 Å². The molecule has 1 saturated heterocycles. The number of carbonyl (C=O) groups is 1. The Morgan fingerprint density at radius 2 is 2.04 bits per heavy atom. The number of methoxy groups -OCH3 is 1. The first-order valence-corrected chi connectivity index (χ1v) is 8.82. The van der Waals surface area contributed by atoms with E-state index in [0.29, 0.717) is 18.8 Å². The van der Waals surface area contributed by atoms with E-state index in [-0.39, 0.29) is 24.4 Å². The van der Waals surface area contributed by atoms with Crippen LogP contribution in [-0.2, 0) is 0 Å². The molecule has 142 valence electrons. The number of halogens is 1. The van der Waals surface area contributed by atoms with Crippen molar-refractivity contribution in [2.24, 2.45) is 0 Å². The molecule has 2 heterocycles. The second kappa shape index (κ2) is 8.03. The minimum absolute atomic E-state index is 0.